The van der Waals surface area contributed by atoms with E-state index in [0.29, 0.717) is 34.0 Å². The van der Waals surface area contributed by atoms with Crippen molar-refractivity contribution in [3.63, 3.8) is 0 Å². The van der Waals surface area contributed by atoms with Crippen LogP contribution in [0.15, 0.2) is 101 Å². The van der Waals surface area contributed by atoms with Crippen LogP contribution in [0.2, 0.25) is 0 Å². The highest BCUT2D eigenvalue weighted by Crippen LogP contribution is 2.37. The number of benzene rings is 3. The lowest BCUT2D eigenvalue weighted by atomic mass is 10.1. The maximum atomic E-state index is 13.6. The van der Waals surface area contributed by atoms with Gasteiger partial charge in [-0.05, 0) is 60.2 Å². The van der Waals surface area contributed by atoms with E-state index >= 15 is 0 Å². The molecule has 1 N–H and O–H groups in total. The number of amides is 1. The van der Waals surface area contributed by atoms with Crippen LogP contribution in [0, 0.1) is 10.1 Å². The smallest absolute Gasteiger partial charge is 0.335 e. The molecule has 1 aliphatic heterocycles. The molecular formula is C29H20N2O7. The summed E-state index contributed by atoms with van der Waals surface area (Å²) in [5.74, 6) is -0.260. The van der Waals surface area contributed by atoms with Crippen LogP contribution in [0.5, 0.6) is 5.75 Å². The molecule has 0 bridgehead atoms. The fourth-order valence-electron chi connectivity index (χ4n) is 4.17. The van der Waals surface area contributed by atoms with Crippen molar-refractivity contribution in [3.8, 4) is 17.1 Å². The molecule has 1 aromatic heterocycles. The number of carboxylic acids is 1. The molecule has 0 saturated carbocycles. The van der Waals surface area contributed by atoms with Gasteiger partial charge in [0.25, 0.3) is 11.6 Å². The van der Waals surface area contributed by atoms with Gasteiger partial charge in [-0.2, -0.15) is 0 Å². The van der Waals surface area contributed by atoms with Gasteiger partial charge in [0.15, 0.2) is 0 Å². The van der Waals surface area contributed by atoms with Crippen LogP contribution in [0.3, 0.4) is 0 Å². The molecule has 38 heavy (non-hydrogen) atoms. The largest absolute Gasteiger partial charge is 0.496 e. The number of carboxylic acid groups (broad SMARTS) is 1. The quantitative estimate of drug-likeness (QED) is 0.184. The molecule has 4 aromatic rings. The van der Waals surface area contributed by atoms with Crippen molar-refractivity contribution in [1.82, 2.24) is 0 Å². The second kappa shape index (κ2) is 9.90. The van der Waals surface area contributed by atoms with Crippen LogP contribution in [0.25, 0.3) is 23.1 Å². The van der Waals surface area contributed by atoms with Gasteiger partial charge in [-0.3, -0.25) is 19.8 Å². The minimum atomic E-state index is -1.05. The van der Waals surface area contributed by atoms with Crippen LogP contribution >= 0.6 is 0 Å². The number of carbonyl (C=O) groups excluding carboxylic acids is 1. The third-order valence-corrected chi connectivity index (χ3v) is 6.01. The van der Waals surface area contributed by atoms with Crippen molar-refractivity contribution >= 4 is 35.0 Å². The minimum absolute atomic E-state index is 0.105. The number of aromatic carboxylic acids is 1. The summed E-state index contributed by atoms with van der Waals surface area (Å²) in [6.07, 6.45) is 3.36. The summed E-state index contributed by atoms with van der Waals surface area (Å²) in [5.41, 5.74) is 2.87. The Hall–Kier alpha value is -5.44. The van der Waals surface area contributed by atoms with Gasteiger partial charge in [-0.15, -0.1) is 0 Å². The number of carbonyl (C=O) groups is 2. The molecule has 0 spiro atoms. The van der Waals surface area contributed by atoms with Crippen LogP contribution < -0.4 is 9.64 Å². The lowest BCUT2D eigenvalue weighted by molar-refractivity contribution is -0.384. The van der Waals surface area contributed by atoms with Gasteiger partial charge in [0.1, 0.15) is 17.3 Å². The monoisotopic (exact) mass is 508 g/mol. The summed E-state index contributed by atoms with van der Waals surface area (Å²) in [4.78, 5) is 37.0. The van der Waals surface area contributed by atoms with Crippen molar-refractivity contribution in [3.05, 3.63) is 124 Å². The second-order valence-corrected chi connectivity index (χ2v) is 8.33. The lowest BCUT2D eigenvalue weighted by Crippen LogP contribution is -2.25. The molecule has 0 aliphatic carbocycles. The Bertz CT molecular complexity index is 1620. The molecule has 5 rings (SSSR count). The number of anilines is 1. The summed E-state index contributed by atoms with van der Waals surface area (Å²) in [6.45, 7) is 0. The summed E-state index contributed by atoms with van der Waals surface area (Å²) >= 11 is 0. The number of rotatable bonds is 7. The first-order valence-corrected chi connectivity index (χ1v) is 11.4. The van der Waals surface area contributed by atoms with Crippen molar-refractivity contribution in [2.75, 3.05) is 12.0 Å². The number of nitro benzene ring substituents is 1. The molecule has 0 fully saturated rings. The van der Waals surface area contributed by atoms with Crippen molar-refractivity contribution in [1.29, 1.82) is 0 Å². The van der Waals surface area contributed by atoms with Gasteiger partial charge in [-0.1, -0.05) is 30.3 Å². The highest BCUT2D eigenvalue weighted by Gasteiger charge is 2.31. The maximum absolute atomic E-state index is 13.6. The number of methoxy groups -OCH3 is 1. The first kappa shape index (κ1) is 24.3. The predicted octanol–water partition coefficient (Wildman–Crippen LogP) is 6.03. The topological polar surface area (TPSA) is 123 Å². The zero-order chi connectivity index (χ0) is 26.8. The zero-order valence-corrected chi connectivity index (χ0v) is 20.0. The zero-order valence-electron chi connectivity index (χ0n) is 20.0. The number of nitro groups is 1. The molecule has 0 unspecified atom stereocenters. The molecule has 2 heterocycles. The van der Waals surface area contributed by atoms with Gasteiger partial charge >= 0.3 is 5.97 Å². The van der Waals surface area contributed by atoms with Gasteiger partial charge in [0, 0.05) is 17.3 Å². The Morgan fingerprint density at radius 1 is 1.03 bits per heavy atom. The molecule has 9 nitrogen and oxygen atoms in total. The number of hydrogen-bond acceptors (Lipinski definition) is 6. The molecular weight excluding hydrogens is 488 g/mol. The van der Waals surface area contributed by atoms with Crippen LogP contribution in [-0.2, 0) is 4.79 Å². The van der Waals surface area contributed by atoms with Crippen LogP contribution in [0.4, 0.5) is 11.4 Å². The molecule has 1 amide bonds. The number of ether oxygens (including phenoxy) is 1. The predicted molar refractivity (Wildman–Crippen MR) is 141 cm³/mol. The Labute approximate surface area is 216 Å². The number of non-ortho nitro benzene ring substituents is 1. The van der Waals surface area contributed by atoms with E-state index in [-0.39, 0.29) is 22.9 Å². The normalized spacial score (nSPS) is 14.0. The minimum Gasteiger partial charge on any atom is -0.496 e. The first-order chi connectivity index (χ1) is 18.4. The van der Waals surface area contributed by atoms with E-state index in [4.69, 9.17) is 9.15 Å². The van der Waals surface area contributed by atoms with E-state index in [9.17, 15) is 24.8 Å². The maximum Gasteiger partial charge on any atom is 0.335 e. The molecule has 0 radical (unpaired) electrons. The summed E-state index contributed by atoms with van der Waals surface area (Å²) in [5, 5.41) is 20.3. The average molecular weight is 508 g/mol. The van der Waals surface area contributed by atoms with Crippen molar-refractivity contribution < 1.29 is 28.8 Å². The fraction of sp³-hybridized carbons (Fsp3) is 0.0345. The van der Waals surface area contributed by atoms with Crippen molar-refractivity contribution in [2.24, 2.45) is 0 Å². The van der Waals surface area contributed by atoms with Gasteiger partial charge < -0.3 is 14.3 Å². The van der Waals surface area contributed by atoms with E-state index in [1.165, 1.54) is 36.3 Å². The Morgan fingerprint density at radius 2 is 1.76 bits per heavy atom. The van der Waals surface area contributed by atoms with Crippen LogP contribution in [-0.4, -0.2) is 29.0 Å². The van der Waals surface area contributed by atoms with Crippen LogP contribution in [0.1, 0.15) is 21.7 Å². The molecule has 3 aromatic carbocycles. The third kappa shape index (κ3) is 4.56. The SMILES string of the molecule is COc1cc([N+](=O)[O-])ccc1-c1ccc(/C=C2\C=C(c3ccccc3)N(c3ccc(C(=O)O)cc3)C2=O)o1. The Kier molecular flexibility index (Phi) is 6.32. The van der Waals surface area contributed by atoms with E-state index in [2.05, 4.69) is 0 Å². The van der Waals surface area contributed by atoms with E-state index < -0.39 is 10.9 Å². The Balaban J connectivity index is 1.52. The number of furan rings is 1. The average Bonchev–Trinajstić information content (AvgIpc) is 3.53. The highest BCUT2D eigenvalue weighted by atomic mass is 16.6. The lowest BCUT2D eigenvalue weighted by Gasteiger charge is -2.21. The van der Waals surface area contributed by atoms with E-state index in [0.717, 1.165) is 5.56 Å². The van der Waals surface area contributed by atoms with Crippen molar-refractivity contribution in [2.45, 2.75) is 0 Å². The summed E-state index contributed by atoms with van der Waals surface area (Å²) < 4.78 is 11.3. The van der Waals surface area contributed by atoms with Gasteiger partial charge in [-0.25, -0.2) is 4.79 Å². The fourth-order valence-corrected chi connectivity index (χ4v) is 4.17. The molecule has 9 heteroatoms. The highest BCUT2D eigenvalue weighted by molar-refractivity contribution is 6.23. The van der Waals surface area contributed by atoms with E-state index in [1.807, 2.05) is 30.3 Å². The van der Waals surface area contributed by atoms with Gasteiger partial charge in [0.2, 0.25) is 0 Å². The standard InChI is InChI=1S/C29H20N2O7/c1-37-27-17-22(31(35)36)11-13-24(27)26-14-12-23(38-26)15-20-16-25(18-5-3-2-4-6-18)30(28(20)32)21-9-7-19(8-10-21)29(33)34/h2-17H,1H3,(H,33,34)/b20-15+. The molecule has 188 valence electrons. The molecule has 0 atom stereocenters. The summed E-state index contributed by atoms with van der Waals surface area (Å²) in [6, 6.07) is 23.1. The molecule has 0 saturated heterocycles. The Morgan fingerprint density at radius 3 is 2.42 bits per heavy atom. The third-order valence-electron chi connectivity index (χ3n) is 6.01. The first-order valence-electron chi connectivity index (χ1n) is 11.4. The summed E-state index contributed by atoms with van der Waals surface area (Å²) in [7, 11) is 1.42. The van der Waals surface area contributed by atoms with E-state index in [1.54, 1.807) is 42.5 Å². The molecule has 1 aliphatic rings. The number of nitrogens with zero attached hydrogens (tertiary/aromatic N) is 2. The second-order valence-electron chi connectivity index (χ2n) is 8.33. The van der Waals surface area contributed by atoms with Gasteiger partial charge in [0.05, 0.1) is 34.9 Å². The number of hydrogen-bond donors (Lipinski definition) is 1.